The number of piperidine rings is 1. The molecule has 1 fully saturated rings. The molecule has 1 saturated heterocycles. The number of likely N-dealkylation sites (tertiary alicyclic amines) is 1. The number of amides is 1. The summed E-state index contributed by atoms with van der Waals surface area (Å²) in [7, 11) is 1.91. The van der Waals surface area contributed by atoms with Crippen molar-refractivity contribution in [1.82, 2.24) is 24.8 Å². The van der Waals surface area contributed by atoms with Crippen LogP contribution in [-0.2, 0) is 24.3 Å². The minimum atomic E-state index is 0.148. The fourth-order valence-electron chi connectivity index (χ4n) is 4.23. The van der Waals surface area contributed by atoms with E-state index in [-0.39, 0.29) is 11.8 Å². The van der Waals surface area contributed by atoms with Crippen molar-refractivity contribution >= 4 is 11.7 Å². The maximum Gasteiger partial charge on any atom is 0.219 e. The smallest absolute Gasteiger partial charge is 0.219 e. The van der Waals surface area contributed by atoms with Gasteiger partial charge >= 0.3 is 0 Å². The van der Waals surface area contributed by atoms with Crippen LogP contribution in [-0.4, -0.2) is 57.3 Å². The molecule has 4 rings (SSSR count). The normalized spacial score (nSPS) is 19.9. The summed E-state index contributed by atoms with van der Waals surface area (Å²) in [5.41, 5.74) is 3.59. The Bertz CT molecular complexity index is 855. The second-order valence-corrected chi connectivity index (χ2v) is 7.73. The van der Waals surface area contributed by atoms with Gasteiger partial charge in [0.25, 0.3) is 0 Å². The molecular weight excluding hydrogens is 352 g/mol. The van der Waals surface area contributed by atoms with Crippen LogP contribution in [0, 0.1) is 0 Å². The van der Waals surface area contributed by atoms with Crippen LogP contribution in [0.15, 0.2) is 24.5 Å². The fraction of sp³-hybridized carbons (Fsp3) is 0.524. The van der Waals surface area contributed by atoms with Gasteiger partial charge in [-0.05, 0) is 18.9 Å². The van der Waals surface area contributed by atoms with Gasteiger partial charge in [-0.15, -0.1) is 0 Å². The molecule has 0 aromatic carbocycles. The molecule has 0 aliphatic carbocycles. The first-order chi connectivity index (χ1) is 13.6. The molecule has 2 aromatic rings. The third-order valence-electron chi connectivity index (χ3n) is 5.79. The van der Waals surface area contributed by atoms with E-state index in [4.69, 9.17) is 4.98 Å². The topological polar surface area (TPSA) is 74.2 Å². The van der Waals surface area contributed by atoms with E-state index in [1.807, 2.05) is 30.4 Å². The van der Waals surface area contributed by atoms with Crippen LogP contribution in [0.4, 0.5) is 5.82 Å². The summed E-state index contributed by atoms with van der Waals surface area (Å²) in [6.07, 6.45) is 6.83. The number of rotatable bonds is 4. The van der Waals surface area contributed by atoms with Crippen molar-refractivity contribution in [2.75, 3.05) is 32.0 Å². The summed E-state index contributed by atoms with van der Waals surface area (Å²) in [6, 6.07) is 4.11. The first-order valence-electron chi connectivity index (χ1n) is 10.1. The predicted molar refractivity (Wildman–Crippen MR) is 108 cm³/mol. The number of nitrogens with zero attached hydrogens (tertiary/aromatic N) is 5. The molecule has 2 aliphatic rings. The number of pyridine rings is 1. The van der Waals surface area contributed by atoms with Crippen molar-refractivity contribution in [2.24, 2.45) is 0 Å². The van der Waals surface area contributed by atoms with E-state index < -0.39 is 0 Å². The standard InChI is InChI=1S/C21H28N6O/c1-15(28)27-9-4-6-17(14-27)21-24-11-18-13-26(10-7-19(18)25-21)12-16-5-3-8-23-20(16)22-2/h3,5,8,11,17H,4,6-7,9-10,12-14H2,1-2H3,(H,22,23)/t17-/m0/s1. The largest absolute Gasteiger partial charge is 0.373 e. The minimum Gasteiger partial charge on any atom is -0.373 e. The molecule has 2 aromatic heterocycles. The SMILES string of the molecule is CNc1ncccc1CN1CCc2nc([C@H]3CCCN(C(C)=O)C3)ncc2C1. The summed E-state index contributed by atoms with van der Waals surface area (Å²) in [5, 5.41) is 3.17. The van der Waals surface area contributed by atoms with Crippen LogP contribution in [0.1, 0.15) is 48.3 Å². The summed E-state index contributed by atoms with van der Waals surface area (Å²) in [5.74, 6) is 2.25. The van der Waals surface area contributed by atoms with Gasteiger partial charge in [-0.1, -0.05) is 6.07 Å². The molecule has 2 aliphatic heterocycles. The number of carbonyl (C=O) groups is 1. The Balaban J connectivity index is 1.45. The molecule has 7 heteroatoms. The number of anilines is 1. The van der Waals surface area contributed by atoms with Crippen molar-refractivity contribution < 1.29 is 4.79 Å². The summed E-state index contributed by atoms with van der Waals surface area (Å²) < 4.78 is 0. The predicted octanol–water partition coefficient (Wildman–Crippen LogP) is 2.20. The summed E-state index contributed by atoms with van der Waals surface area (Å²) in [4.78, 5) is 30.0. The third kappa shape index (κ3) is 3.99. The Kier molecular flexibility index (Phi) is 5.52. The van der Waals surface area contributed by atoms with E-state index in [9.17, 15) is 4.79 Å². The average Bonchev–Trinajstić information content (AvgIpc) is 2.74. The van der Waals surface area contributed by atoms with Crippen molar-refractivity contribution in [2.45, 2.75) is 45.2 Å². The van der Waals surface area contributed by atoms with Crippen LogP contribution >= 0.6 is 0 Å². The highest BCUT2D eigenvalue weighted by Crippen LogP contribution is 2.27. The molecule has 0 saturated carbocycles. The first kappa shape index (κ1) is 18.8. The molecular formula is C21H28N6O. The highest BCUT2D eigenvalue weighted by molar-refractivity contribution is 5.73. The maximum absolute atomic E-state index is 11.7. The van der Waals surface area contributed by atoms with E-state index >= 15 is 0 Å². The van der Waals surface area contributed by atoms with Gasteiger partial charge in [0.15, 0.2) is 0 Å². The fourth-order valence-corrected chi connectivity index (χ4v) is 4.23. The molecule has 1 atom stereocenters. The summed E-state index contributed by atoms with van der Waals surface area (Å²) in [6.45, 7) is 5.94. The Morgan fingerprint density at radius 1 is 1.32 bits per heavy atom. The molecule has 1 N–H and O–H groups in total. The lowest BCUT2D eigenvalue weighted by atomic mass is 9.96. The van der Waals surface area contributed by atoms with Crippen molar-refractivity contribution in [3.8, 4) is 0 Å². The highest BCUT2D eigenvalue weighted by Gasteiger charge is 2.26. The number of hydrogen-bond donors (Lipinski definition) is 1. The minimum absolute atomic E-state index is 0.148. The zero-order chi connectivity index (χ0) is 19.5. The first-order valence-corrected chi connectivity index (χ1v) is 10.1. The third-order valence-corrected chi connectivity index (χ3v) is 5.79. The van der Waals surface area contributed by atoms with Gasteiger partial charge in [0.1, 0.15) is 11.6 Å². The molecule has 28 heavy (non-hydrogen) atoms. The lowest BCUT2D eigenvalue weighted by molar-refractivity contribution is -0.130. The van der Waals surface area contributed by atoms with E-state index in [1.54, 1.807) is 6.92 Å². The number of hydrogen-bond acceptors (Lipinski definition) is 6. The van der Waals surface area contributed by atoms with Crippen LogP contribution in [0.25, 0.3) is 0 Å². The lowest BCUT2D eigenvalue weighted by Gasteiger charge is -2.32. The number of nitrogens with one attached hydrogen (secondary N) is 1. The zero-order valence-corrected chi connectivity index (χ0v) is 16.7. The number of fused-ring (bicyclic) bond motifs is 1. The average molecular weight is 380 g/mol. The molecule has 0 unspecified atom stereocenters. The van der Waals surface area contributed by atoms with Crippen molar-refractivity contribution in [1.29, 1.82) is 0 Å². The lowest BCUT2D eigenvalue weighted by Crippen LogP contribution is -2.38. The molecule has 0 spiro atoms. The number of carbonyl (C=O) groups excluding carboxylic acids is 1. The second-order valence-electron chi connectivity index (χ2n) is 7.73. The van der Waals surface area contributed by atoms with Gasteiger partial charge in [0.05, 0.1) is 0 Å². The van der Waals surface area contributed by atoms with Crippen LogP contribution in [0.5, 0.6) is 0 Å². The van der Waals surface area contributed by atoms with E-state index in [0.717, 1.165) is 63.6 Å². The molecule has 4 heterocycles. The van der Waals surface area contributed by atoms with E-state index in [2.05, 4.69) is 26.3 Å². The van der Waals surface area contributed by atoms with Crippen LogP contribution < -0.4 is 5.32 Å². The molecule has 7 nitrogen and oxygen atoms in total. The van der Waals surface area contributed by atoms with Gasteiger partial charge in [-0.2, -0.15) is 0 Å². The van der Waals surface area contributed by atoms with Gasteiger partial charge < -0.3 is 10.2 Å². The Hall–Kier alpha value is -2.54. The maximum atomic E-state index is 11.7. The van der Waals surface area contributed by atoms with Gasteiger partial charge in [0, 0.05) is 88.2 Å². The Morgan fingerprint density at radius 3 is 3.04 bits per heavy atom. The summed E-state index contributed by atoms with van der Waals surface area (Å²) >= 11 is 0. The Labute approximate surface area is 166 Å². The second kappa shape index (κ2) is 8.22. The van der Waals surface area contributed by atoms with Gasteiger partial charge in [0.2, 0.25) is 5.91 Å². The quantitative estimate of drug-likeness (QED) is 0.877. The molecule has 0 bridgehead atoms. The van der Waals surface area contributed by atoms with E-state index in [0.29, 0.717) is 0 Å². The molecule has 148 valence electrons. The zero-order valence-electron chi connectivity index (χ0n) is 16.7. The molecule has 1 amide bonds. The van der Waals surface area contributed by atoms with Gasteiger partial charge in [-0.25, -0.2) is 15.0 Å². The number of aromatic nitrogens is 3. The monoisotopic (exact) mass is 380 g/mol. The highest BCUT2D eigenvalue weighted by atomic mass is 16.2. The van der Waals surface area contributed by atoms with Gasteiger partial charge in [-0.3, -0.25) is 9.69 Å². The molecule has 0 radical (unpaired) electrons. The van der Waals surface area contributed by atoms with E-state index in [1.165, 1.54) is 16.8 Å². The van der Waals surface area contributed by atoms with Crippen molar-refractivity contribution in [3.05, 3.63) is 47.2 Å². The van der Waals surface area contributed by atoms with Crippen molar-refractivity contribution in [3.63, 3.8) is 0 Å². The van der Waals surface area contributed by atoms with Crippen LogP contribution in [0.3, 0.4) is 0 Å². The van der Waals surface area contributed by atoms with Crippen LogP contribution in [0.2, 0.25) is 0 Å². The Morgan fingerprint density at radius 2 is 2.21 bits per heavy atom.